The lowest BCUT2D eigenvalue weighted by atomic mass is 10.2. The summed E-state index contributed by atoms with van der Waals surface area (Å²) in [5.41, 5.74) is 0.390. The average molecular weight is 391 g/mol. The number of carbonyl (C=O) groups is 1. The van der Waals surface area contributed by atoms with Crippen LogP contribution in [0.1, 0.15) is 41.6 Å². The smallest absolute Gasteiger partial charge is 0.338 e. The van der Waals surface area contributed by atoms with Gasteiger partial charge in [0.25, 0.3) is 0 Å². The van der Waals surface area contributed by atoms with E-state index in [-0.39, 0.29) is 22.6 Å². The summed E-state index contributed by atoms with van der Waals surface area (Å²) in [6.07, 6.45) is 3.72. The van der Waals surface area contributed by atoms with Gasteiger partial charge in [0.15, 0.2) is 0 Å². The Labute approximate surface area is 158 Å². The number of carbonyl (C=O) groups excluding carboxylic acids is 1. The molecule has 1 fully saturated rings. The number of hydrogen-bond acceptors (Lipinski definition) is 4. The van der Waals surface area contributed by atoms with Crippen molar-refractivity contribution in [1.29, 1.82) is 0 Å². The van der Waals surface area contributed by atoms with E-state index >= 15 is 0 Å². The Morgan fingerprint density at radius 1 is 1.00 bits per heavy atom. The van der Waals surface area contributed by atoms with Crippen molar-refractivity contribution in [1.82, 2.24) is 4.31 Å². The van der Waals surface area contributed by atoms with Gasteiger partial charge in [0.2, 0.25) is 10.0 Å². The molecule has 27 heavy (non-hydrogen) atoms. The van der Waals surface area contributed by atoms with Gasteiger partial charge in [-0.1, -0.05) is 37.1 Å². The molecule has 144 valence electrons. The Balaban J connectivity index is 1.74. The fourth-order valence-electron chi connectivity index (χ4n) is 3.06. The molecule has 0 aromatic heterocycles. The van der Waals surface area contributed by atoms with Crippen LogP contribution in [0.5, 0.6) is 0 Å². The monoisotopic (exact) mass is 391 g/mol. The lowest BCUT2D eigenvalue weighted by Gasteiger charge is -2.20. The average Bonchev–Trinajstić information content (AvgIpc) is 2.97. The van der Waals surface area contributed by atoms with Crippen molar-refractivity contribution in [2.75, 3.05) is 13.1 Å². The van der Waals surface area contributed by atoms with Crippen LogP contribution in [0.15, 0.2) is 53.4 Å². The third kappa shape index (κ3) is 4.73. The van der Waals surface area contributed by atoms with E-state index in [1.54, 1.807) is 12.1 Å². The fourth-order valence-corrected chi connectivity index (χ4v) is 4.62. The lowest BCUT2D eigenvalue weighted by Crippen LogP contribution is -2.32. The maximum atomic E-state index is 13.6. The summed E-state index contributed by atoms with van der Waals surface area (Å²) in [5, 5.41) is 0. The largest absolute Gasteiger partial charge is 0.457 e. The summed E-state index contributed by atoms with van der Waals surface area (Å²) >= 11 is 0. The van der Waals surface area contributed by atoms with Gasteiger partial charge in [0, 0.05) is 18.7 Å². The minimum absolute atomic E-state index is 0.0738. The van der Waals surface area contributed by atoms with Crippen LogP contribution in [0.2, 0.25) is 0 Å². The molecule has 2 aromatic rings. The summed E-state index contributed by atoms with van der Waals surface area (Å²) in [6.45, 7) is 0.767. The highest BCUT2D eigenvalue weighted by Gasteiger charge is 2.26. The van der Waals surface area contributed by atoms with Crippen molar-refractivity contribution in [3.05, 3.63) is 65.5 Å². The minimum Gasteiger partial charge on any atom is -0.457 e. The summed E-state index contributed by atoms with van der Waals surface area (Å²) in [7, 11) is -3.65. The van der Waals surface area contributed by atoms with E-state index in [0.29, 0.717) is 13.1 Å². The van der Waals surface area contributed by atoms with Crippen LogP contribution in [0.25, 0.3) is 0 Å². The molecule has 1 saturated heterocycles. The predicted molar refractivity (Wildman–Crippen MR) is 99.2 cm³/mol. The van der Waals surface area contributed by atoms with E-state index in [9.17, 15) is 17.6 Å². The number of benzene rings is 2. The molecule has 1 heterocycles. The van der Waals surface area contributed by atoms with E-state index in [1.165, 1.54) is 40.7 Å². The zero-order valence-corrected chi connectivity index (χ0v) is 15.8. The molecule has 0 N–H and O–H groups in total. The van der Waals surface area contributed by atoms with Crippen LogP contribution in [-0.2, 0) is 21.4 Å². The number of halogens is 1. The van der Waals surface area contributed by atoms with Crippen LogP contribution in [0.4, 0.5) is 4.39 Å². The lowest BCUT2D eigenvalue weighted by molar-refractivity contribution is 0.0468. The highest BCUT2D eigenvalue weighted by Crippen LogP contribution is 2.21. The van der Waals surface area contributed by atoms with Gasteiger partial charge in [0.05, 0.1) is 10.5 Å². The molecule has 1 aliphatic heterocycles. The molecule has 0 radical (unpaired) electrons. The van der Waals surface area contributed by atoms with E-state index in [0.717, 1.165) is 25.7 Å². The van der Waals surface area contributed by atoms with Crippen molar-refractivity contribution < 1.29 is 22.3 Å². The molecular weight excluding hydrogens is 369 g/mol. The zero-order valence-electron chi connectivity index (χ0n) is 14.9. The van der Waals surface area contributed by atoms with Gasteiger partial charge in [0.1, 0.15) is 12.4 Å². The maximum Gasteiger partial charge on any atom is 0.338 e. The van der Waals surface area contributed by atoms with Crippen LogP contribution >= 0.6 is 0 Å². The summed E-state index contributed by atoms with van der Waals surface area (Å²) in [5.74, 6) is -1.14. The Morgan fingerprint density at radius 2 is 1.70 bits per heavy atom. The zero-order chi connectivity index (χ0) is 19.3. The highest BCUT2D eigenvalue weighted by atomic mass is 32.2. The third-order valence-corrected chi connectivity index (χ3v) is 6.48. The molecule has 5 nitrogen and oxygen atoms in total. The molecule has 0 unspecified atom stereocenters. The Bertz CT molecular complexity index is 906. The van der Waals surface area contributed by atoms with Gasteiger partial charge >= 0.3 is 5.97 Å². The van der Waals surface area contributed by atoms with Gasteiger partial charge in [-0.3, -0.25) is 0 Å². The van der Waals surface area contributed by atoms with Crippen molar-refractivity contribution in [3.63, 3.8) is 0 Å². The van der Waals surface area contributed by atoms with Crippen LogP contribution in [-0.4, -0.2) is 31.8 Å². The first-order valence-electron chi connectivity index (χ1n) is 8.99. The first-order valence-corrected chi connectivity index (χ1v) is 10.4. The maximum absolute atomic E-state index is 13.6. The number of nitrogens with zero attached hydrogens (tertiary/aromatic N) is 1. The summed E-state index contributed by atoms with van der Waals surface area (Å²) in [4.78, 5) is 12.4. The molecule has 7 heteroatoms. The van der Waals surface area contributed by atoms with Crippen LogP contribution in [0.3, 0.4) is 0 Å². The van der Waals surface area contributed by atoms with E-state index < -0.39 is 21.8 Å². The van der Waals surface area contributed by atoms with Crippen LogP contribution < -0.4 is 0 Å². The molecule has 3 rings (SSSR count). The Morgan fingerprint density at radius 3 is 2.41 bits per heavy atom. The summed E-state index contributed by atoms with van der Waals surface area (Å²) in [6, 6.07) is 11.8. The molecular formula is C20H22FNO4S. The minimum atomic E-state index is -3.65. The van der Waals surface area contributed by atoms with Crippen molar-refractivity contribution in [3.8, 4) is 0 Å². The topological polar surface area (TPSA) is 63.7 Å². The number of sulfonamides is 1. The van der Waals surface area contributed by atoms with Crippen molar-refractivity contribution in [2.45, 2.75) is 37.2 Å². The number of rotatable bonds is 5. The molecule has 0 bridgehead atoms. The first kappa shape index (κ1) is 19.5. The normalized spacial score (nSPS) is 15.9. The fraction of sp³-hybridized carbons (Fsp3) is 0.350. The molecule has 0 atom stereocenters. The number of ether oxygens (including phenoxy) is 1. The SMILES string of the molecule is O=C(OCc1ccccc1F)c1cccc(S(=O)(=O)N2CCCCCC2)c1. The second-order valence-corrected chi connectivity index (χ2v) is 8.45. The van der Waals surface area contributed by atoms with Crippen molar-refractivity contribution >= 4 is 16.0 Å². The Kier molecular flexibility index (Phi) is 6.23. The molecule has 0 spiro atoms. The highest BCUT2D eigenvalue weighted by molar-refractivity contribution is 7.89. The predicted octanol–water partition coefficient (Wildman–Crippen LogP) is 3.75. The molecule has 0 amide bonds. The standard InChI is InChI=1S/C20H22FNO4S/c21-19-11-4-3-8-17(19)15-26-20(23)16-9-7-10-18(14-16)27(24,25)22-12-5-1-2-6-13-22/h3-4,7-11,14H,1-2,5-6,12-13,15H2. The van der Waals surface area contributed by atoms with Gasteiger partial charge in [-0.15, -0.1) is 0 Å². The summed E-state index contributed by atoms with van der Waals surface area (Å²) < 4.78 is 46.0. The number of esters is 1. The van der Waals surface area contributed by atoms with E-state index in [1.807, 2.05) is 0 Å². The van der Waals surface area contributed by atoms with Gasteiger partial charge in [-0.2, -0.15) is 4.31 Å². The van der Waals surface area contributed by atoms with Gasteiger partial charge in [-0.25, -0.2) is 17.6 Å². The van der Waals surface area contributed by atoms with Crippen molar-refractivity contribution in [2.24, 2.45) is 0 Å². The molecule has 1 aliphatic rings. The van der Waals surface area contributed by atoms with Gasteiger partial charge in [-0.05, 0) is 37.1 Å². The second kappa shape index (κ2) is 8.63. The molecule has 0 aliphatic carbocycles. The number of hydrogen-bond donors (Lipinski definition) is 0. The quantitative estimate of drug-likeness (QED) is 0.729. The van der Waals surface area contributed by atoms with Gasteiger partial charge < -0.3 is 4.74 Å². The Hall–Kier alpha value is -2.25. The third-order valence-electron chi connectivity index (χ3n) is 4.59. The molecule has 2 aromatic carbocycles. The van der Waals surface area contributed by atoms with Crippen LogP contribution in [0, 0.1) is 5.82 Å². The van der Waals surface area contributed by atoms with E-state index in [4.69, 9.17) is 4.74 Å². The molecule has 0 saturated carbocycles. The first-order chi connectivity index (χ1) is 13.0. The van der Waals surface area contributed by atoms with E-state index in [2.05, 4.69) is 0 Å². The second-order valence-electron chi connectivity index (χ2n) is 6.51.